The molecule has 0 spiro atoms. The van der Waals surface area contributed by atoms with Gasteiger partial charge < -0.3 is 5.32 Å². The van der Waals surface area contributed by atoms with Crippen LogP contribution in [0.25, 0.3) is 0 Å². The first kappa shape index (κ1) is 23.4. The highest BCUT2D eigenvalue weighted by molar-refractivity contribution is 7.98. The molecule has 158 valence electrons. The van der Waals surface area contributed by atoms with E-state index < -0.39 is 20.0 Å². The minimum atomic E-state index is -3.77. The van der Waals surface area contributed by atoms with Crippen molar-refractivity contribution in [2.75, 3.05) is 25.2 Å². The molecule has 0 saturated carbocycles. The number of rotatable bonds is 9. The molecule has 2 rings (SSSR count). The summed E-state index contributed by atoms with van der Waals surface area (Å²) >= 11 is 1.51. The molecule has 0 fully saturated rings. The predicted molar refractivity (Wildman–Crippen MR) is 115 cm³/mol. The highest BCUT2D eigenvalue weighted by Crippen LogP contribution is 2.19. The van der Waals surface area contributed by atoms with E-state index in [9.17, 15) is 21.6 Å². The van der Waals surface area contributed by atoms with Crippen LogP contribution in [0, 0.1) is 0 Å². The zero-order chi connectivity index (χ0) is 21.7. The van der Waals surface area contributed by atoms with Gasteiger partial charge in [0.05, 0.1) is 9.79 Å². The van der Waals surface area contributed by atoms with Gasteiger partial charge in [-0.3, -0.25) is 4.79 Å². The second-order valence-corrected chi connectivity index (χ2v) is 11.2. The third kappa shape index (κ3) is 6.82. The summed E-state index contributed by atoms with van der Waals surface area (Å²) in [5.41, 5.74) is 1.34. The van der Waals surface area contributed by atoms with Gasteiger partial charge in [0.25, 0.3) is 0 Å². The number of thioether (sulfide) groups is 1. The Labute approximate surface area is 175 Å². The summed E-state index contributed by atoms with van der Waals surface area (Å²) < 4.78 is 48.0. The standard InChI is InChI=1S/C18H23N3O5S3/c1-21(2)29(25,26)17-5-3-4-14(12-17)13-27-11-10-18(22)20-15-6-8-16(9-7-15)28(19,23)24/h3-9,12H,10-11,13H2,1-2H3,(H,20,22)(H2,19,23,24). The molecule has 2 aromatic rings. The van der Waals surface area contributed by atoms with Gasteiger partial charge in [-0.15, -0.1) is 0 Å². The average molecular weight is 458 g/mol. The Morgan fingerprint density at radius 3 is 2.28 bits per heavy atom. The number of carbonyl (C=O) groups excluding carboxylic acids is 1. The van der Waals surface area contributed by atoms with E-state index in [4.69, 9.17) is 5.14 Å². The van der Waals surface area contributed by atoms with Crippen LogP contribution in [0.3, 0.4) is 0 Å². The van der Waals surface area contributed by atoms with Crippen LogP contribution in [-0.2, 0) is 30.6 Å². The summed E-state index contributed by atoms with van der Waals surface area (Å²) in [5.74, 6) is 0.920. The van der Waals surface area contributed by atoms with Crippen molar-refractivity contribution >= 4 is 43.4 Å². The van der Waals surface area contributed by atoms with Gasteiger partial charge in [0, 0.05) is 37.7 Å². The zero-order valence-electron chi connectivity index (χ0n) is 16.0. The number of anilines is 1. The largest absolute Gasteiger partial charge is 0.326 e. The molecule has 8 nitrogen and oxygen atoms in total. The van der Waals surface area contributed by atoms with Crippen LogP contribution in [0.2, 0.25) is 0 Å². The number of benzene rings is 2. The van der Waals surface area contributed by atoms with Gasteiger partial charge in [-0.1, -0.05) is 12.1 Å². The molecule has 0 heterocycles. The summed E-state index contributed by atoms with van der Waals surface area (Å²) in [7, 11) is -4.27. The van der Waals surface area contributed by atoms with Crippen LogP contribution < -0.4 is 10.5 Å². The van der Waals surface area contributed by atoms with E-state index in [1.807, 2.05) is 6.07 Å². The molecule has 2 aromatic carbocycles. The van der Waals surface area contributed by atoms with Crippen molar-refractivity contribution < 1.29 is 21.6 Å². The lowest BCUT2D eigenvalue weighted by Gasteiger charge is -2.12. The molecule has 0 aromatic heterocycles. The normalized spacial score (nSPS) is 12.1. The smallest absolute Gasteiger partial charge is 0.242 e. The molecule has 3 N–H and O–H groups in total. The molecule has 0 aliphatic carbocycles. The zero-order valence-corrected chi connectivity index (χ0v) is 18.5. The summed E-state index contributed by atoms with van der Waals surface area (Å²) in [5, 5.41) is 7.72. The number of hydrogen-bond donors (Lipinski definition) is 2. The summed E-state index contributed by atoms with van der Waals surface area (Å²) in [6, 6.07) is 12.3. The van der Waals surface area contributed by atoms with Crippen LogP contribution in [-0.4, -0.2) is 46.9 Å². The van der Waals surface area contributed by atoms with Crippen LogP contribution in [0.15, 0.2) is 58.3 Å². The molecule has 0 aliphatic heterocycles. The van der Waals surface area contributed by atoms with Crippen molar-refractivity contribution in [2.24, 2.45) is 5.14 Å². The molecule has 0 unspecified atom stereocenters. The van der Waals surface area contributed by atoms with E-state index in [-0.39, 0.29) is 22.1 Å². The third-order valence-electron chi connectivity index (χ3n) is 3.89. The number of nitrogens with zero attached hydrogens (tertiary/aromatic N) is 1. The van der Waals surface area contributed by atoms with Crippen LogP contribution in [0.5, 0.6) is 0 Å². The van der Waals surface area contributed by atoms with Gasteiger partial charge in [-0.05, 0) is 42.0 Å². The Bertz CT molecular complexity index is 1070. The van der Waals surface area contributed by atoms with Crippen molar-refractivity contribution in [1.82, 2.24) is 4.31 Å². The first-order valence-corrected chi connectivity index (χ1v) is 12.7. The lowest BCUT2D eigenvalue weighted by Crippen LogP contribution is -2.22. The summed E-state index contributed by atoms with van der Waals surface area (Å²) in [4.78, 5) is 12.2. The molecule has 11 heteroatoms. The first-order chi connectivity index (χ1) is 13.5. The van der Waals surface area contributed by atoms with Gasteiger partial charge in [0.1, 0.15) is 0 Å². The number of carbonyl (C=O) groups is 1. The quantitative estimate of drug-likeness (QED) is 0.553. The molecule has 0 bridgehead atoms. The molecule has 0 radical (unpaired) electrons. The molecule has 29 heavy (non-hydrogen) atoms. The van der Waals surface area contributed by atoms with Crippen molar-refractivity contribution in [3.63, 3.8) is 0 Å². The van der Waals surface area contributed by atoms with E-state index in [2.05, 4.69) is 5.32 Å². The fourth-order valence-corrected chi connectivity index (χ4v) is 4.69. The predicted octanol–water partition coefficient (Wildman–Crippen LogP) is 1.85. The van der Waals surface area contributed by atoms with Crippen LogP contribution >= 0.6 is 11.8 Å². The summed E-state index contributed by atoms with van der Waals surface area (Å²) in [6.45, 7) is 0. The molecule has 0 atom stereocenters. The monoisotopic (exact) mass is 457 g/mol. The van der Waals surface area contributed by atoms with Gasteiger partial charge in [-0.2, -0.15) is 11.8 Å². The highest BCUT2D eigenvalue weighted by Gasteiger charge is 2.17. The van der Waals surface area contributed by atoms with Gasteiger partial charge in [0.2, 0.25) is 26.0 Å². The molecule has 1 amide bonds. The minimum absolute atomic E-state index is 0.0236. The Hall–Kier alpha value is -1.92. The first-order valence-electron chi connectivity index (χ1n) is 8.52. The second kappa shape index (κ2) is 9.72. The van der Waals surface area contributed by atoms with Gasteiger partial charge >= 0.3 is 0 Å². The fraction of sp³-hybridized carbons (Fsp3) is 0.278. The maximum absolute atomic E-state index is 12.2. The molecule has 0 aliphatic rings. The topological polar surface area (TPSA) is 127 Å². The third-order valence-corrected chi connectivity index (χ3v) is 7.66. The van der Waals surface area contributed by atoms with Gasteiger partial charge in [0.15, 0.2) is 0 Å². The molecular weight excluding hydrogens is 434 g/mol. The van der Waals surface area contributed by atoms with E-state index in [0.717, 1.165) is 5.56 Å². The maximum atomic E-state index is 12.2. The maximum Gasteiger partial charge on any atom is 0.242 e. The van der Waals surface area contributed by atoms with E-state index in [0.29, 0.717) is 17.2 Å². The van der Waals surface area contributed by atoms with E-state index in [1.165, 1.54) is 54.4 Å². The van der Waals surface area contributed by atoms with E-state index in [1.54, 1.807) is 18.2 Å². The second-order valence-electron chi connectivity index (χ2n) is 6.35. The molecular formula is C18H23N3O5S3. The SMILES string of the molecule is CN(C)S(=O)(=O)c1cccc(CSCCC(=O)Nc2ccc(S(N)(=O)=O)cc2)c1. The van der Waals surface area contributed by atoms with Crippen LogP contribution in [0.4, 0.5) is 5.69 Å². The van der Waals surface area contributed by atoms with Crippen molar-refractivity contribution in [1.29, 1.82) is 0 Å². The number of amides is 1. The lowest BCUT2D eigenvalue weighted by molar-refractivity contribution is -0.115. The number of nitrogens with one attached hydrogen (secondary N) is 1. The Kier molecular flexibility index (Phi) is 7.83. The molecule has 0 saturated heterocycles. The lowest BCUT2D eigenvalue weighted by atomic mass is 10.2. The Balaban J connectivity index is 1.83. The summed E-state index contributed by atoms with van der Waals surface area (Å²) in [6.07, 6.45) is 0.261. The van der Waals surface area contributed by atoms with E-state index >= 15 is 0 Å². The highest BCUT2D eigenvalue weighted by atomic mass is 32.2. The number of primary sulfonamides is 1. The number of hydrogen-bond acceptors (Lipinski definition) is 6. The van der Waals surface area contributed by atoms with Crippen molar-refractivity contribution in [3.05, 3.63) is 54.1 Å². The van der Waals surface area contributed by atoms with Crippen molar-refractivity contribution in [2.45, 2.75) is 22.0 Å². The number of nitrogens with two attached hydrogens (primary N) is 1. The minimum Gasteiger partial charge on any atom is -0.326 e. The Morgan fingerprint density at radius 1 is 1.03 bits per heavy atom. The fourth-order valence-electron chi connectivity index (χ4n) is 2.31. The van der Waals surface area contributed by atoms with Gasteiger partial charge in [-0.25, -0.2) is 26.3 Å². The van der Waals surface area contributed by atoms with Crippen LogP contribution in [0.1, 0.15) is 12.0 Å². The van der Waals surface area contributed by atoms with Crippen molar-refractivity contribution in [3.8, 4) is 0 Å². The average Bonchev–Trinajstić information content (AvgIpc) is 2.65. The Morgan fingerprint density at radius 2 is 1.69 bits per heavy atom. The number of sulfonamides is 2.